The van der Waals surface area contributed by atoms with Crippen molar-refractivity contribution in [3.8, 4) is 5.75 Å². The number of benzene rings is 2. The summed E-state index contributed by atoms with van der Waals surface area (Å²) in [6.07, 6.45) is 2.68. The number of ether oxygens (including phenoxy) is 1. The Morgan fingerprint density at radius 3 is 2.87 bits per heavy atom. The first-order valence-electron chi connectivity index (χ1n) is 8.25. The summed E-state index contributed by atoms with van der Waals surface area (Å²) in [5.41, 5.74) is 3.71. The van der Waals surface area contributed by atoms with Crippen molar-refractivity contribution in [3.05, 3.63) is 65.2 Å². The van der Waals surface area contributed by atoms with Gasteiger partial charge in [0, 0.05) is 0 Å². The fraction of sp³-hybridized carbons (Fsp3) is 0.350. The molecule has 0 aliphatic heterocycles. The first kappa shape index (κ1) is 15.6. The van der Waals surface area contributed by atoms with Crippen LogP contribution >= 0.6 is 0 Å². The summed E-state index contributed by atoms with van der Waals surface area (Å²) in [7, 11) is 0. The van der Waals surface area contributed by atoms with Gasteiger partial charge in [0.15, 0.2) is 6.10 Å². The van der Waals surface area contributed by atoms with Gasteiger partial charge >= 0.3 is 0 Å². The van der Waals surface area contributed by atoms with E-state index in [1.165, 1.54) is 11.1 Å². The lowest BCUT2D eigenvalue weighted by Crippen LogP contribution is -2.39. The molecule has 0 saturated carbocycles. The number of nitrogens with one attached hydrogen (secondary N) is 1. The molecule has 2 atom stereocenters. The second-order valence-corrected chi connectivity index (χ2v) is 6.23. The van der Waals surface area contributed by atoms with Gasteiger partial charge in [-0.2, -0.15) is 0 Å². The average Bonchev–Trinajstić information content (AvgIpc) is 2.55. The summed E-state index contributed by atoms with van der Waals surface area (Å²) >= 11 is 0. The standard InChI is InChI=1S/C20H23NO2/c1-14-7-5-10-17(13-14)23-15(2)20(22)21-19-12-6-9-16-8-3-4-11-18(16)19/h3-5,7-8,10-11,13,15,19H,6,9,12H2,1-2H3,(H,21,22). The van der Waals surface area contributed by atoms with E-state index in [9.17, 15) is 4.79 Å². The van der Waals surface area contributed by atoms with Gasteiger partial charge in [0.25, 0.3) is 5.91 Å². The maximum Gasteiger partial charge on any atom is 0.261 e. The Kier molecular flexibility index (Phi) is 4.65. The van der Waals surface area contributed by atoms with Crippen LogP contribution < -0.4 is 10.1 Å². The molecule has 1 N–H and O–H groups in total. The van der Waals surface area contributed by atoms with E-state index in [0.29, 0.717) is 0 Å². The molecular weight excluding hydrogens is 286 g/mol. The molecule has 1 aliphatic rings. The van der Waals surface area contributed by atoms with Gasteiger partial charge < -0.3 is 10.1 Å². The number of hydrogen-bond acceptors (Lipinski definition) is 2. The van der Waals surface area contributed by atoms with E-state index in [2.05, 4.69) is 23.5 Å². The molecule has 0 saturated heterocycles. The molecule has 0 spiro atoms. The molecule has 0 radical (unpaired) electrons. The predicted octanol–water partition coefficient (Wildman–Crippen LogP) is 3.96. The number of aryl methyl sites for hydroxylation is 2. The predicted molar refractivity (Wildman–Crippen MR) is 91.5 cm³/mol. The molecule has 3 rings (SSSR count). The molecule has 1 aliphatic carbocycles. The number of carbonyl (C=O) groups excluding carboxylic acids is 1. The van der Waals surface area contributed by atoms with Gasteiger partial charge in [0.1, 0.15) is 5.75 Å². The summed E-state index contributed by atoms with van der Waals surface area (Å²) in [5, 5.41) is 3.15. The third kappa shape index (κ3) is 3.73. The molecule has 23 heavy (non-hydrogen) atoms. The van der Waals surface area contributed by atoms with Crippen molar-refractivity contribution in [3.63, 3.8) is 0 Å². The van der Waals surface area contributed by atoms with Crippen LogP contribution in [0.5, 0.6) is 5.75 Å². The van der Waals surface area contributed by atoms with Gasteiger partial charge in [0.2, 0.25) is 0 Å². The lowest BCUT2D eigenvalue weighted by Gasteiger charge is -2.27. The minimum Gasteiger partial charge on any atom is -0.481 e. The molecule has 0 bridgehead atoms. The maximum atomic E-state index is 12.5. The highest BCUT2D eigenvalue weighted by Crippen LogP contribution is 2.29. The Labute approximate surface area is 137 Å². The first-order chi connectivity index (χ1) is 11.1. The van der Waals surface area contributed by atoms with E-state index in [0.717, 1.165) is 30.6 Å². The molecular formula is C20H23NO2. The van der Waals surface area contributed by atoms with Crippen molar-refractivity contribution < 1.29 is 9.53 Å². The molecule has 0 heterocycles. The van der Waals surface area contributed by atoms with Crippen LogP contribution in [0.1, 0.15) is 42.5 Å². The van der Waals surface area contributed by atoms with E-state index in [1.54, 1.807) is 6.92 Å². The topological polar surface area (TPSA) is 38.3 Å². The van der Waals surface area contributed by atoms with Crippen LogP contribution in [0, 0.1) is 6.92 Å². The van der Waals surface area contributed by atoms with E-state index < -0.39 is 6.10 Å². The molecule has 2 unspecified atom stereocenters. The minimum atomic E-state index is -0.508. The molecule has 3 heteroatoms. The van der Waals surface area contributed by atoms with Crippen LogP contribution in [0.3, 0.4) is 0 Å². The number of amides is 1. The zero-order chi connectivity index (χ0) is 16.2. The van der Waals surface area contributed by atoms with Crippen LogP contribution in [0.15, 0.2) is 48.5 Å². The summed E-state index contributed by atoms with van der Waals surface area (Å²) < 4.78 is 5.77. The summed E-state index contributed by atoms with van der Waals surface area (Å²) in [4.78, 5) is 12.5. The van der Waals surface area contributed by atoms with E-state index in [1.807, 2.05) is 37.3 Å². The first-order valence-corrected chi connectivity index (χ1v) is 8.25. The highest BCUT2D eigenvalue weighted by Gasteiger charge is 2.24. The van der Waals surface area contributed by atoms with E-state index >= 15 is 0 Å². The van der Waals surface area contributed by atoms with Crippen molar-refractivity contribution in [2.45, 2.75) is 45.3 Å². The highest BCUT2D eigenvalue weighted by atomic mass is 16.5. The third-order valence-electron chi connectivity index (χ3n) is 4.36. The molecule has 2 aromatic carbocycles. The lowest BCUT2D eigenvalue weighted by molar-refractivity contribution is -0.128. The summed E-state index contributed by atoms with van der Waals surface area (Å²) in [6, 6.07) is 16.2. The quantitative estimate of drug-likeness (QED) is 0.928. The average molecular weight is 309 g/mol. The molecule has 1 amide bonds. The zero-order valence-corrected chi connectivity index (χ0v) is 13.7. The van der Waals surface area contributed by atoms with Gasteiger partial charge in [0.05, 0.1) is 6.04 Å². The SMILES string of the molecule is Cc1cccc(OC(C)C(=O)NC2CCCc3ccccc32)c1. The van der Waals surface area contributed by atoms with E-state index in [4.69, 9.17) is 4.74 Å². The van der Waals surface area contributed by atoms with Gasteiger partial charge in [-0.05, 0) is 61.9 Å². The van der Waals surface area contributed by atoms with Gasteiger partial charge in [-0.25, -0.2) is 0 Å². The molecule has 2 aromatic rings. The summed E-state index contributed by atoms with van der Waals surface area (Å²) in [5.74, 6) is 0.671. The van der Waals surface area contributed by atoms with Crippen LogP contribution in [0.2, 0.25) is 0 Å². The van der Waals surface area contributed by atoms with Gasteiger partial charge in [-0.1, -0.05) is 36.4 Å². The fourth-order valence-electron chi connectivity index (χ4n) is 3.14. The number of fused-ring (bicyclic) bond motifs is 1. The van der Waals surface area contributed by atoms with Crippen LogP contribution in [-0.4, -0.2) is 12.0 Å². The van der Waals surface area contributed by atoms with Crippen LogP contribution in [0.4, 0.5) is 0 Å². The Bertz CT molecular complexity index is 696. The van der Waals surface area contributed by atoms with Crippen molar-refractivity contribution >= 4 is 5.91 Å². The van der Waals surface area contributed by atoms with Crippen molar-refractivity contribution in [2.75, 3.05) is 0 Å². The monoisotopic (exact) mass is 309 g/mol. The maximum absolute atomic E-state index is 12.5. The lowest BCUT2D eigenvalue weighted by atomic mass is 9.87. The van der Waals surface area contributed by atoms with Gasteiger partial charge in [-0.15, -0.1) is 0 Å². The third-order valence-corrected chi connectivity index (χ3v) is 4.36. The Morgan fingerprint density at radius 2 is 2.04 bits per heavy atom. The molecule has 0 aromatic heterocycles. The van der Waals surface area contributed by atoms with Gasteiger partial charge in [-0.3, -0.25) is 4.79 Å². The molecule has 0 fully saturated rings. The number of hydrogen-bond donors (Lipinski definition) is 1. The van der Waals surface area contributed by atoms with Crippen LogP contribution in [0.25, 0.3) is 0 Å². The van der Waals surface area contributed by atoms with Crippen LogP contribution in [-0.2, 0) is 11.2 Å². The second kappa shape index (κ2) is 6.86. The molecule has 120 valence electrons. The number of carbonyl (C=O) groups is 1. The van der Waals surface area contributed by atoms with Crippen molar-refractivity contribution in [1.29, 1.82) is 0 Å². The minimum absolute atomic E-state index is 0.0618. The Morgan fingerprint density at radius 1 is 1.22 bits per heavy atom. The summed E-state index contributed by atoms with van der Waals surface area (Å²) in [6.45, 7) is 3.81. The fourth-order valence-corrected chi connectivity index (χ4v) is 3.14. The Balaban J connectivity index is 1.65. The zero-order valence-electron chi connectivity index (χ0n) is 13.7. The van der Waals surface area contributed by atoms with Crippen molar-refractivity contribution in [2.24, 2.45) is 0 Å². The van der Waals surface area contributed by atoms with E-state index in [-0.39, 0.29) is 11.9 Å². The largest absolute Gasteiger partial charge is 0.481 e. The smallest absolute Gasteiger partial charge is 0.261 e. The van der Waals surface area contributed by atoms with Crippen molar-refractivity contribution in [1.82, 2.24) is 5.32 Å². The normalized spacial score (nSPS) is 17.9. The second-order valence-electron chi connectivity index (χ2n) is 6.23. The highest BCUT2D eigenvalue weighted by molar-refractivity contribution is 5.81. The Hall–Kier alpha value is -2.29. The molecule has 3 nitrogen and oxygen atoms in total. The number of rotatable bonds is 4.